The number of piperazine rings is 1. The van der Waals surface area contributed by atoms with Gasteiger partial charge in [0.25, 0.3) is 5.91 Å². The van der Waals surface area contributed by atoms with Crippen LogP contribution in [0.2, 0.25) is 0 Å². The van der Waals surface area contributed by atoms with Crippen molar-refractivity contribution in [2.75, 3.05) is 49.1 Å². The standard InChI is InChI=1S/C27H31N5O/c33-27(32-19-17-30(18-20-32)24-9-5-2-6-10-24)25-11-12-26(29-28-25)31-15-13-23(14-16-31)21-22-7-3-1-4-8-22/h1-12,23H,13-21H2. The molecule has 2 aliphatic rings. The van der Waals surface area contributed by atoms with Gasteiger partial charge in [-0.3, -0.25) is 4.79 Å². The predicted molar refractivity (Wildman–Crippen MR) is 132 cm³/mol. The fourth-order valence-electron chi connectivity index (χ4n) is 4.89. The van der Waals surface area contributed by atoms with Gasteiger partial charge in [0, 0.05) is 45.0 Å². The highest BCUT2D eigenvalue weighted by Gasteiger charge is 2.25. The van der Waals surface area contributed by atoms with Crippen LogP contribution in [0.4, 0.5) is 11.5 Å². The molecular weight excluding hydrogens is 410 g/mol. The predicted octanol–water partition coefficient (Wildman–Crippen LogP) is 3.90. The molecule has 2 aliphatic heterocycles. The number of rotatable bonds is 5. The van der Waals surface area contributed by atoms with Crippen molar-refractivity contribution in [1.82, 2.24) is 15.1 Å². The van der Waals surface area contributed by atoms with E-state index in [4.69, 9.17) is 0 Å². The number of hydrogen-bond acceptors (Lipinski definition) is 5. The molecule has 0 unspecified atom stereocenters. The number of carbonyl (C=O) groups is 1. The second kappa shape index (κ2) is 10.0. The number of anilines is 2. The van der Waals surface area contributed by atoms with Crippen molar-refractivity contribution >= 4 is 17.4 Å². The van der Waals surface area contributed by atoms with E-state index in [-0.39, 0.29) is 5.91 Å². The van der Waals surface area contributed by atoms with E-state index in [9.17, 15) is 4.79 Å². The minimum Gasteiger partial charge on any atom is -0.368 e. The van der Waals surface area contributed by atoms with Crippen LogP contribution in [0.25, 0.3) is 0 Å². The maximum Gasteiger partial charge on any atom is 0.274 e. The zero-order chi connectivity index (χ0) is 22.5. The molecule has 170 valence electrons. The average Bonchev–Trinajstić information content (AvgIpc) is 2.90. The third-order valence-corrected chi connectivity index (χ3v) is 6.86. The van der Waals surface area contributed by atoms with E-state index >= 15 is 0 Å². The zero-order valence-electron chi connectivity index (χ0n) is 19.0. The van der Waals surface area contributed by atoms with Crippen LogP contribution in [0.5, 0.6) is 0 Å². The third kappa shape index (κ3) is 5.16. The molecule has 0 atom stereocenters. The lowest BCUT2D eigenvalue weighted by Crippen LogP contribution is -2.49. The number of amides is 1. The van der Waals surface area contributed by atoms with Gasteiger partial charge in [-0.1, -0.05) is 48.5 Å². The summed E-state index contributed by atoms with van der Waals surface area (Å²) in [6, 6.07) is 24.9. The van der Waals surface area contributed by atoms with Gasteiger partial charge in [0.15, 0.2) is 11.5 Å². The molecule has 6 heteroatoms. The van der Waals surface area contributed by atoms with Crippen molar-refractivity contribution in [1.29, 1.82) is 0 Å². The Morgan fingerprint density at radius 1 is 0.727 bits per heavy atom. The Labute approximate surface area is 195 Å². The summed E-state index contributed by atoms with van der Waals surface area (Å²) in [7, 11) is 0. The fraction of sp³-hybridized carbons (Fsp3) is 0.370. The first-order valence-electron chi connectivity index (χ1n) is 12.0. The summed E-state index contributed by atoms with van der Waals surface area (Å²) < 4.78 is 0. The second-order valence-electron chi connectivity index (χ2n) is 9.01. The second-order valence-corrected chi connectivity index (χ2v) is 9.01. The van der Waals surface area contributed by atoms with E-state index in [0.717, 1.165) is 51.3 Å². The summed E-state index contributed by atoms with van der Waals surface area (Å²) in [4.78, 5) is 19.4. The highest BCUT2D eigenvalue weighted by Crippen LogP contribution is 2.24. The van der Waals surface area contributed by atoms with Gasteiger partial charge in [0.1, 0.15) is 0 Å². The highest BCUT2D eigenvalue weighted by atomic mass is 16.2. The van der Waals surface area contributed by atoms with Crippen LogP contribution in [0.15, 0.2) is 72.8 Å². The highest BCUT2D eigenvalue weighted by molar-refractivity contribution is 5.92. The summed E-state index contributed by atoms with van der Waals surface area (Å²) in [5.41, 5.74) is 3.07. The number of para-hydroxylation sites is 1. The molecule has 0 aliphatic carbocycles. The lowest BCUT2D eigenvalue weighted by atomic mass is 9.90. The van der Waals surface area contributed by atoms with Gasteiger partial charge in [-0.25, -0.2) is 0 Å². The molecule has 1 aromatic heterocycles. The van der Waals surface area contributed by atoms with Crippen molar-refractivity contribution in [3.8, 4) is 0 Å². The first kappa shape index (κ1) is 21.4. The smallest absolute Gasteiger partial charge is 0.274 e. The lowest BCUT2D eigenvalue weighted by Gasteiger charge is -2.36. The lowest BCUT2D eigenvalue weighted by molar-refractivity contribution is 0.0739. The molecule has 33 heavy (non-hydrogen) atoms. The van der Waals surface area contributed by atoms with E-state index in [0.29, 0.717) is 24.7 Å². The number of nitrogens with zero attached hydrogens (tertiary/aromatic N) is 5. The average molecular weight is 442 g/mol. The van der Waals surface area contributed by atoms with E-state index in [1.807, 2.05) is 23.1 Å². The third-order valence-electron chi connectivity index (χ3n) is 6.86. The van der Waals surface area contributed by atoms with Crippen LogP contribution >= 0.6 is 0 Å². The van der Waals surface area contributed by atoms with Crippen molar-refractivity contribution in [3.05, 3.63) is 84.1 Å². The molecule has 0 saturated carbocycles. The zero-order valence-corrected chi connectivity index (χ0v) is 19.0. The number of aromatic nitrogens is 2. The Hall–Kier alpha value is -3.41. The van der Waals surface area contributed by atoms with Crippen LogP contribution in [0, 0.1) is 5.92 Å². The molecule has 0 radical (unpaired) electrons. The van der Waals surface area contributed by atoms with Crippen LogP contribution in [-0.4, -0.2) is 60.3 Å². The van der Waals surface area contributed by atoms with E-state index < -0.39 is 0 Å². The van der Waals surface area contributed by atoms with Gasteiger partial charge >= 0.3 is 0 Å². The van der Waals surface area contributed by atoms with Gasteiger partial charge < -0.3 is 14.7 Å². The fourth-order valence-corrected chi connectivity index (χ4v) is 4.89. The van der Waals surface area contributed by atoms with Gasteiger partial charge in [0.05, 0.1) is 0 Å². The minimum absolute atomic E-state index is 0.0247. The van der Waals surface area contributed by atoms with Gasteiger partial charge in [0.2, 0.25) is 0 Å². The van der Waals surface area contributed by atoms with Crippen molar-refractivity contribution in [3.63, 3.8) is 0 Å². The molecule has 2 aromatic carbocycles. The van der Waals surface area contributed by atoms with Gasteiger partial charge in [-0.15, -0.1) is 10.2 Å². The first-order chi connectivity index (χ1) is 16.3. The molecule has 5 rings (SSSR count). The summed E-state index contributed by atoms with van der Waals surface area (Å²) >= 11 is 0. The Bertz CT molecular complexity index is 1030. The number of benzene rings is 2. The molecule has 3 aromatic rings. The van der Waals surface area contributed by atoms with Crippen molar-refractivity contribution in [2.45, 2.75) is 19.3 Å². The van der Waals surface area contributed by atoms with Crippen LogP contribution in [-0.2, 0) is 6.42 Å². The number of carbonyl (C=O) groups excluding carboxylic acids is 1. The Morgan fingerprint density at radius 3 is 2.03 bits per heavy atom. The molecular formula is C27H31N5O. The summed E-state index contributed by atoms with van der Waals surface area (Å²) in [5, 5.41) is 8.70. The normalized spacial score (nSPS) is 17.3. The van der Waals surface area contributed by atoms with Crippen LogP contribution in [0.1, 0.15) is 28.9 Å². The van der Waals surface area contributed by atoms with E-state index in [1.54, 1.807) is 0 Å². The molecule has 3 heterocycles. The largest absolute Gasteiger partial charge is 0.368 e. The molecule has 0 spiro atoms. The van der Waals surface area contributed by atoms with Crippen LogP contribution in [0.3, 0.4) is 0 Å². The minimum atomic E-state index is -0.0247. The Kier molecular flexibility index (Phi) is 6.51. The van der Waals surface area contributed by atoms with E-state index in [2.05, 4.69) is 74.6 Å². The SMILES string of the molecule is O=C(c1ccc(N2CCC(Cc3ccccc3)CC2)nn1)N1CCN(c2ccccc2)CC1. The van der Waals surface area contributed by atoms with Gasteiger partial charge in [-0.2, -0.15) is 0 Å². The quantitative estimate of drug-likeness (QED) is 0.601. The Balaban J connectivity index is 1.12. The molecule has 2 fully saturated rings. The molecule has 6 nitrogen and oxygen atoms in total. The molecule has 0 bridgehead atoms. The Morgan fingerprint density at radius 2 is 1.39 bits per heavy atom. The molecule has 2 saturated heterocycles. The topological polar surface area (TPSA) is 52.6 Å². The maximum absolute atomic E-state index is 12.9. The van der Waals surface area contributed by atoms with E-state index in [1.165, 1.54) is 11.3 Å². The maximum atomic E-state index is 12.9. The van der Waals surface area contributed by atoms with Crippen molar-refractivity contribution < 1.29 is 4.79 Å². The van der Waals surface area contributed by atoms with Crippen LogP contribution < -0.4 is 9.80 Å². The molecule has 0 N–H and O–H groups in total. The molecule has 1 amide bonds. The number of hydrogen-bond donors (Lipinski definition) is 0. The van der Waals surface area contributed by atoms with Gasteiger partial charge in [-0.05, 0) is 55.0 Å². The first-order valence-corrected chi connectivity index (χ1v) is 12.0. The monoisotopic (exact) mass is 441 g/mol. The summed E-state index contributed by atoms with van der Waals surface area (Å²) in [5.74, 6) is 1.56. The van der Waals surface area contributed by atoms with Crippen molar-refractivity contribution in [2.24, 2.45) is 5.92 Å². The summed E-state index contributed by atoms with van der Waals surface area (Å²) in [6.45, 7) is 5.04. The summed E-state index contributed by atoms with van der Waals surface area (Å²) in [6.07, 6.45) is 3.46. The number of piperidine rings is 1.